The van der Waals surface area contributed by atoms with Crippen molar-refractivity contribution in [2.75, 3.05) is 31.1 Å². The summed E-state index contributed by atoms with van der Waals surface area (Å²) in [6.45, 7) is 10.4. The summed E-state index contributed by atoms with van der Waals surface area (Å²) in [5.41, 5.74) is 3.97. The zero-order valence-corrected chi connectivity index (χ0v) is 17.3. The standard InChI is InChI=1S/C22H27FN6/c1-16-13-21(29-18(3)12-17(2)26-29)25-22(24-16)28-9-5-8-27(10-11-28)15-19-6-4-7-20(23)14-19/h4,6-7,12-14H,5,8-11,15H2,1-3H3. The van der Waals surface area contributed by atoms with Gasteiger partial charge in [0, 0.05) is 50.2 Å². The van der Waals surface area contributed by atoms with Crippen LogP contribution in [0.3, 0.4) is 0 Å². The first kappa shape index (κ1) is 19.5. The number of rotatable bonds is 4. The fourth-order valence-electron chi connectivity index (χ4n) is 3.87. The number of anilines is 1. The molecule has 1 saturated heterocycles. The van der Waals surface area contributed by atoms with E-state index in [1.807, 2.05) is 43.7 Å². The summed E-state index contributed by atoms with van der Waals surface area (Å²) < 4.78 is 15.4. The van der Waals surface area contributed by atoms with Crippen LogP contribution in [0.25, 0.3) is 5.82 Å². The van der Waals surface area contributed by atoms with E-state index in [2.05, 4.69) is 19.9 Å². The zero-order chi connectivity index (χ0) is 20.4. The van der Waals surface area contributed by atoms with Crippen LogP contribution in [-0.4, -0.2) is 50.8 Å². The maximum atomic E-state index is 13.5. The smallest absolute Gasteiger partial charge is 0.227 e. The lowest BCUT2D eigenvalue weighted by Crippen LogP contribution is -2.31. The molecule has 4 rings (SSSR count). The minimum Gasteiger partial charge on any atom is -0.339 e. The predicted molar refractivity (Wildman–Crippen MR) is 112 cm³/mol. The summed E-state index contributed by atoms with van der Waals surface area (Å²) in [5, 5.41) is 4.56. The Balaban J connectivity index is 1.50. The van der Waals surface area contributed by atoms with Crippen molar-refractivity contribution < 1.29 is 4.39 Å². The first-order valence-electron chi connectivity index (χ1n) is 10.1. The van der Waals surface area contributed by atoms with Crippen molar-refractivity contribution in [1.82, 2.24) is 24.6 Å². The number of nitrogens with zero attached hydrogens (tertiary/aromatic N) is 6. The van der Waals surface area contributed by atoms with Gasteiger partial charge in [-0.3, -0.25) is 4.90 Å². The highest BCUT2D eigenvalue weighted by Crippen LogP contribution is 2.18. The fourth-order valence-corrected chi connectivity index (χ4v) is 3.87. The molecule has 1 fully saturated rings. The average molecular weight is 394 g/mol. The fraction of sp³-hybridized carbons (Fsp3) is 0.409. The molecule has 0 unspecified atom stereocenters. The van der Waals surface area contributed by atoms with E-state index in [-0.39, 0.29) is 5.82 Å². The lowest BCUT2D eigenvalue weighted by Gasteiger charge is -2.22. The summed E-state index contributed by atoms with van der Waals surface area (Å²) >= 11 is 0. The predicted octanol–water partition coefficient (Wildman–Crippen LogP) is 3.44. The van der Waals surface area contributed by atoms with Crippen LogP contribution < -0.4 is 4.90 Å². The van der Waals surface area contributed by atoms with Gasteiger partial charge in [-0.05, 0) is 51.0 Å². The Bertz CT molecular complexity index is 999. The van der Waals surface area contributed by atoms with E-state index in [1.165, 1.54) is 6.07 Å². The molecule has 152 valence electrons. The molecular formula is C22H27FN6. The summed E-state index contributed by atoms with van der Waals surface area (Å²) in [4.78, 5) is 14.1. The van der Waals surface area contributed by atoms with Crippen LogP contribution in [0.15, 0.2) is 36.4 Å². The van der Waals surface area contributed by atoms with Crippen LogP contribution in [0.2, 0.25) is 0 Å². The SMILES string of the molecule is Cc1cc(-n2nc(C)cc2C)nc(N2CCCN(Cc3cccc(F)c3)CC2)n1. The molecule has 29 heavy (non-hydrogen) atoms. The van der Waals surface area contributed by atoms with Crippen molar-refractivity contribution in [2.24, 2.45) is 0 Å². The molecule has 0 bridgehead atoms. The van der Waals surface area contributed by atoms with Crippen molar-refractivity contribution in [1.29, 1.82) is 0 Å². The van der Waals surface area contributed by atoms with Gasteiger partial charge in [0.25, 0.3) is 0 Å². The molecule has 0 aliphatic carbocycles. The second-order valence-electron chi connectivity index (χ2n) is 7.75. The van der Waals surface area contributed by atoms with Gasteiger partial charge >= 0.3 is 0 Å². The number of aryl methyl sites for hydroxylation is 3. The van der Waals surface area contributed by atoms with E-state index >= 15 is 0 Å². The highest BCUT2D eigenvalue weighted by Gasteiger charge is 2.19. The van der Waals surface area contributed by atoms with Gasteiger partial charge in [-0.15, -0.1) is 0 Å². The molecule has 0 radical (unpaired) electrons. The number of hydrogen-bond acceptors (Lipinski definition) is 5. The first-order valence-corrected chi connectivity index (χ1v) is 10.1. The maximum Gasteiger partial charge on any atom is 0.227 e. The van der Waals surface area contributed by atoms with Crippen LogP contribution >= 0.6 is 0 Å². The molecule has 7 heteroatoms. The third-order valence-electron chi connectivity index (χ3n) is 5.22. The Hall–Kier alpha value is -2.80. The minimum absolute atomic E-state index is 0.177. The van der Waals surface area contributed by atoms with Gasteiger partial charge in [0.15, 0.2) is 5.82 Å². The molecule has 0 saturated carbocycles. The number of hydrogen-bond donors (Lipinski definition) is 0. The largest absolute Gasteiger partial charge is 0.339 e. The monoisotopic (exact) mass is 394 g/mol. The number of halogens is 1. The molecule has 1 aliphatic rings. The van der Waals surface area contributed by atoms with Gasteiger partial charge in [0.1, 0.15) is 5.82 Å². The molecule has 0 spiro atoms. The molecule has 3 aromatic rings. The van der Waals surface area contributed by atoms with E-state index in [4.69, 9.17) is 4.98 Å². The molecule has 1 aliphatic heterocycles. The quantitative estimate of drug-likeness (QED) is 0.679. The topological polar surface area (TPSA) is 50.1 Å². The van der Waals surface area contributed by atoms with Crippen LogP contribution in [0.5, 0.6) is 0 Å². The number of aromatic nitrogens is 4. The number of benzene rings is 1. The van der Waals surface area contributed by atoms with E-state index in [1.54, 1.807) is 12.1 Å². The van der Waals surface area contributed by atoms with Gasteiger partial charge in [0.2, 0.25) is 5.95 Å². The summed E-state index contributed by atoms with van der Waals surface area (Å²) in [5.74, 6) is 1.38. The van der Waals surface area contributed by atoms with Crippen molar-refractivity contribution in [2.45, 2.75) is 33.7 Å². The van der Waals surface area contributed by atoms with Crippen LogP contribution in [0.4, 0.5) is 10.3 Å². The second kappa shape index (κ2) is 8.29. The maximum absolute atomic E-state index is 13.5. The normalized spacial score (nSPS) is 15.5. The van der Waals surface area contributed by atoms with Gasteiger partial charge in [-0.25, -0.2) is 14.1 Å². The molecule has 6 nitrogen and oxygen atoms in total. The Labute approximate surface area is 171 Å². The minimum atomic E-state index is -0.177. The second-order valence-corrected chi connectivity index (χ2v) is 7.75. The van der Waals surface area contributed by atoms with Crippen LogP contribution in [-0.2, 0) is 6.54 Å². The van der Waals surface area contributed by atoms with Crippen molar-refractivity contribution >= 4 is 5.95 Å². The van der Waals surface area contributed by atoms with E-state index in [9.17, 15) is 4.39 Å². The molecule has 0 N–H and O–H groups in total. The Kier molecular flexibility index (Phi) is 5.58. The average Bonchev–Trinajstić information content (AvgIpc) is 2.87. The van der Waals surface area contributed by atoms with Crippen molar-refractivity contribution in [3.63, 3.8) is 0 Å². The molecule has 3 heterocycles. The van der Waals surface area contributed by atoms with Crippen LogP contribution in [0.1, 0.15) is 29.1 Å². The van der Waals surface area contributed by atoms with Gasteiger partial charge in [-0.1, -0.05) is 12.1 Å². The Morgan fingerprint density at radius 1 is 0.931 bits per heavy atom. The third-order valence-corrected chi connectivity index (χ3v) is 5.22. The van der Waals surface area contributed by atoms with E-state index in [0.717, 1.165) is 73.6 Å². The van der Waals surface area contributed by atoms with Gasteiger partial charge < -0.3 is 4.90 Å². The molecule has 0 amide bonds. The van der Waals surface area contributed by atoms with Crippen LogP contribution in [0, 0.1) is 26.6 Å². The first-order chi connectivity index (χ1) is 14.0. The summed E-state index contributed by atoms with van der Waals surface area (Å²) in [7, 11) is 0. The summed E-state index contributed by atoms with van der Waals surface area (Å²) in [6.07, 6.45) is 1.02. The Morgan fingerprint density at radius 2 is 1.79 bits per heavy atom. The molecule has 1 aromatic carbocycles. The third kappa shape index (κ3) is 4.62. The van der Waals surface area contributed by atoms with Gasteiger partial charge in [-0.2, -0.15) is 10.1 Å². The van der Waals surface area contributed by atoms with Gasteiger partial charge in [0.05, 0.1) is 5.69 Å². The molecular weight excluding hydrogens is 367 g/mol. The highest BCUT2D eigenvalue weighted by molar-refractivity contribution is 5.38. The highest BCUT2D eigenvalue weighted by atomic mass is 19.1. The summed E-state index contributed by atoms with van der Waals surface area (Å²) in [6, 6.07) is 10.9. The van der Waals surface area contributed by atoms with Crippen molar-refractivity contribution in [3.8, 4) is 5.82 Å². The van der Waals surface area contributed by atoms with E-state index < -0.39 is 0 Å². The zero-order valence-electron chi connectivity index (χ0n) is 17.3. The van der Waals surface area contributed by atoms with E-state index in [0.29, 0.717) is 0 Å². The van der Waals surface area contributed by atoms with Crippen molar-refractivity contribution in [3.05, 3.63) is 64.9 Å². The molecule has 2 aromatic heterocycles. The molecule has 0 atom stereocenters. The Morgan fingerprint density at radius 3 is 2.55 bits per heavy atom. The lowest BCUT2D eigenvalue weighted by molar-refractivity contribution is 0.285. The lowest BCUT2D eigenvalue weighted by atomic mass is 10.2.